The number of benzene rings is 1. The Labute approximate surface area is 118 Å². The fraction of sp³-hybridized carbons (Fsp3) is 0.444. The molecule has 0 fully saturated rings. The van der Waals surface area contributed by atoms with Crippen LogP contribution in [0.3, 0.4) is 0 Å². The normalized spacial score (nSPS) is 13.2. The first-order valence-corrected chi connectivity index (χ1v) is 7.45. The summed E-state index contributed by atoms with van der Waals surface area (Å²) in [5.41, 5.74) is 1.43. The minimum Gasteiger partial charge on any atom is -0.368 e. The first-order valence-electron chi connectivity index (χ1n) is 7.45. The molecular formula is C18H27N. The van der Waals surface area contributed by atoms with E-state index < -0.39 is 0 Å². The summed E-state index contributed by atoms with van der Waals surface area (Å²) in [6, 6.07) is 10.7. The summed E-state index contributed by atoms with van der Waals surface area (Å²) in [7, 11) is 0. The molecule has 0 spiro atoms. The molecule has 1 unspecified atom stereocenters. The molecule has 0 saturated heterocycles. The summed E-state index contributed by atoms with van der Waals surface area (Å²) in [6.45, 7) is 4.51. The molecule has 0 radical (unpaired) electrons. The Balaban J connectivity index is 2.11. The van der Waals surface area contributed by atoms with Crippen LogP contribution in [0.1, 0.15) is 57.4 Å². The minimum absolute atomic E-state index is 0.631. The van der Waals surface area contributed by atoms with E-state index in [4.69, 9.17) is 0 Å². The van der Waals surface area contributed by atoms with E-state index in [9.17, 15) is 0 Å². The molecule has 1 aromatic carbocycles. The van der Waals surface area contributed by atoms with Gasteiger partial charge in [0, 0.05) is 0 Å². The molecule has 1 nitrogen and oxygen atoms in total. The van der Waals surface area contributed by atoms with E-state index in [1.807, 2.05) is 12.4 Å². The lowest BCUT2D eigenvalue weighted by molar-refractivity contribution is 0.689. The SMILES string of the molecule is CCCCC=CNC=CCCC(C)c1ccccc1. The van der Waals surface area contributed by atoms with Crippen molar-refractivity contribution in [3.8, 4) is 0 Å². The topological polar surface area (TPSA) is 12.0 Å². The van der Waals surface area contributed by atoms with Crippen LogP contribution < -0.4 is 5.32 Å². The lowest BCUT2D eigenvalue weighted by Crippen LogP contribution is -1.94. The monoisotopic (exact) mass is 257 g/mol. The van der Waals surface area contributed by atoms with Crippen LogP contribution in [0.2, 0.25) is 0 Å². The minimum atomic E-state index is 0.631. The van der Waals surface area contributed by atoms with Gasteiger partial charge < -0.3 is 5.32 Å². The number of hydrogen-bond acceptors (Lipinski definition) is 1. The largest absolute Gasteiger partial charge is 0.368 e. The molecule has 1 heteroatoms. The van der Waals surface area contributed by atoms with E-state index >= 15 is 0 Å². The van der Waals surface area contributed by atoms with Crippen LogP contribution in [0.15, 0.2) is 54.9 Å². The number of allylic oxidation sites excluding steroid dienone is 2. The Hall–Kier alpha value is -1.50. The number of hydrogen-bond donors (Lipinski definition) is 1. The highest BCUT2D eigenvalue weighted by molar-refractivity contribution is 5.18. The van der Waals surface area contributed by atoms with Crippen LogP contribution in [0.5, 0.6) is 0 Å². The zero-order valence-corrected chi connectivity index (χ0v) is 12.3. The molecule has 0 heterocycles. The van der Waals surface area contributed by atoms with Crippen LogP contribution in [0, 0.1) is 0 Å². The predicted molar refractivity (Wildman–Crippen MR) is 85.0 cm³/mol. The third-order valence-electron chi connectivity index (χ3n) is 3.29. The van der Waals surface area contributed by atoms with Crippen molar-refractivity contribution in [2.45, 2.75) is 51.9 Å². The van der Waals surface area contributed by atoms with Crippen molar-refractivity contribution < 1.29 is 0 Å². The first kappa shape index (κ1) is 15.6. The number of rotatable bonds is 9. The van der Waals surface area contributed by atoms with Gasteiger partial charge in [-0.1, -0.05) is 69.2 Å². The number of unbranched alkanes of at least 4 members (excludes halogenated alkanes) is 2. The molecule has 0 aliphatic heterocycles. The standard InChI is InChI=1S/C18H27N/c1-3-4-5-10-15-19-16-11-9-12-17(2)18-13-7-6-8-14-18/h6-8,10-11,13-17,19H,3-5,9,12H2,1-2H3. The first-order chi connectivity index (χ1) is 9.34. The maximum absolute atomic E-state index is 3.20. The van der Waals surface area contributed by atoms with E-state index in [2.05, 4.69) is 61.6 Å². The molecule has 104 valence electrons. The zero-order chi connectivity index (χ0) is 13.8. The van der Waals surface area contributed by atoms with E-state index in [0.717, 1.165) is 6.42 Å². The van der Waals surface area contributed by atoms with Crippen LogP contribution in [0.25, 0.3) is 0 Å². The van der Waals surface area contributed by atoms with Crippen LogP contribution in [0.4, 0.5) is 0 Å². The van der Waals surface area contributed by atoms with Gasteiger partial charge in [-0.3, -0.25) is 0 Å². The summed E-state index contributed by atoms with van der Waals surface area (Å²) in [4.78, 5) is 0. The van der Waals surface area contributed by atoms with E-state index in [1.165, 1.54) is 31.2 Å². The Morgan fingerprint density at radius 1 is 1.05 bits per heavy atom. The summed E-state index contributed by atoms with van der Waals surface area (Å²) >= 11 is 0. The lowest BCUT2D eigenvalue weighted by Gasteiger charge is -2.09. The van der Waals surface area contributed by atoms with E-state index in [-0.39, 0.29) is 0 Å². The molecule has 0 aliphatic rings. The molecule has 1 atom stereocenters. The van der Waals surface area contributed by atoms with Crippen molar-refractivity contribution in [3.05, 3.63) is 60.4 Å². The quantitative estimate of drug-likeness (QED) is 0.586. The van der Waals surface area contributed by atoms with Crippen molar-refractivity contribution >= 4 is 0 Å². The molecule has 1 aromatic rings. The Kier molecular flexibility index (Phi) is 8.54. The Morgan fingerprint density at radius 2 is 1.74 bits per heavy atom. The van der Waals surface area contributed by atoms with Gasteiger partial charge in [-0.15, -0.1) is 0 Å². The molecule has 0 aliphatic carbocycles. The molecule has 1 N–H and O–H groups in total. The average Bonchev–Trinajstić information content (AvgIpc) is 2.46. The average molecular weight is 257 g/mol. The highest BCUT2D eigenvalue weighted by Crippen LogP contribution is 2.19. The van der Waals surface area contributed by atoms with Crippen molar-refractivity contribution in [1.29, 1.82) is 0 Å². The van der Waals surface area contributed by atoms with Crippen LogP contribution in [-0.4, -0.2) is 0 Å². The molecule has 1 rings (SSSR count). The Bertz CT molecular complexity index is 365. The zero-order valence-electron chi connectivity index (χ0n) is 12.3. The maximum atomic E-state index is 3.20. The van der Waals surface area contributed by atoms with Crippen molar-refractivity contribution in [1.82, 2.24) is 5.32 Å². The van der Waals surface area contributed by atoms with Crippen molar-refractivity contribution in [2.24, 2.45) is 0 Å². The second kappa shape index (κ2) is 10.4. The van der Waals surface area contributed by atoms with Gasteiger partial charge in [0.25, 0.3) is 0 Å². The molecule has 0 bridgehead atoms. The Morgan fingerprint density at radius 3 is 2.42 bits per heavy atom. The van der Waals surface area contributed by atoms with Gasteiger partial charge >= 0.3 is 0 Å². The highest BCUT2D eigenvalue weighted by Gasteiger charge is 2.02. The van der Waals surface area contributed by atoms with E-state index in [0.29, 0.717) is 5.92 Å². The summed E-state index contributed by atoms with van der Waals surface area (Å²) in [6.07, 6.45) is 14.5. The highest BCUT2D eigenvalue weighted by atomic mass is 14.8. The van der Waals surface area contributed by atoms with Gasteiger partial charge in [-0.2, -0.15) is 0 Å². The van der Waals surface area contributed by atoms with Gasteiger partial charge in [0.2, 0.25) is 0 Å². The van der Waals surface area contributed by atoms with E-state index in [1.54, 1.807) is 0 Å². The predicted octanol–water partition coefficient (Wildman–Crippen LogP) is 5.38. The molecule has 19 heavy (non-hydrogen) atoms. The van der Waals surface area contributed by atoms with Crippen LogP contribution in [-0.2, 0) is 0 Å². The third kappa shape index (κ3) is 7.50. The fourth-order valence-corrected chi connectivity index (χ4v) is 1.97. The second-order valence-electron chi connectivity index (χ2n) is 5.00. The van der Waals surface area contributed by atoms with Gasteiger partial charge in [0.15, 0.2) is 0 Å². The maximum Gasteiger partial charge on any atom is -0.00358 e. The molecule has 0 aromatic heterocycles. The number of nitrogens with one attached hydrogen (secondary N) is 1. The second-order valence-corrected chi connectivity index (χ2v) is 5.00. The van der Waals surface area contributed by atoms with Crippen molar-refractivity contribution in [2.75, 3.05) is 0 Å². The van der Waals surface area contributed by atoms with Crippen LogP contribution >= 0.6 is 0 Å². The molecule has 0 saturated carbocycles. The lowest BCUT2D eigenvalue weighted by atomic mass is 9.96. The third-order valence-corrected chi connectivity index (χ3v) is 3.29. The summed E-state index contributed by atoms with van der Waals surface area (Å²) < 4.78 is 0. The van der Waals surface area contributed by atoms with Gasteiger partial charge in [-0.25, -0.2) is 0 Å². The smallest absolute Gasteiger partial charge is 0.00358 e. The summed E-state index contributed by atoms with van der Waals surface area (Å²) in [5.74, 6) is 0.631. The summed E-state index contributed by atoms with van der Waals surface area (Å²) in [5, 5.41) is 3.20. The molecular weight excluding hydrogens is 230 g/mol. The van der Waals surface area contributed by atoms with Gasteiger partial charge in [0.05, 0.1) is 0 Å². The van der Waals surface area contributed by atoms with Gasteiger partial charge in [-0.05, 0) is 43.1 Å². The molecule has 0 amide bonds. The van der Waals surface area contributed by atoms with Gasteiger partial charge in [0.1, 0.15) is 0 Å². The van der Waals surface area contributed by atoms with Crippen molar-refractivity contribution in [3.63, 3.8) is 0 Å². The fourth-order valence-electron chi connectivity index (χ4n) is 1.97.